The molecule has 0 spiro atoms. The fourth-order valence-electron chi connectivity index (χ4n) is 1.16. The minimum absolute atomic E-state index is 0.372. The van der Waals surface area contributed by atoms with Gasteiger partial charge in [0.05, 0.1) is 0 Å². The van der Waals surface area contributed by atoms with E-state index in [1.54, 1.807) is 0 Å². The summed E-state index contributed by atoms with van der Waals surface area (Å²) in [6.07, 6.45) is 6.03. The first-order chi connectivity index (χ1) is 4.21. The Kier molecular flexibility index (Phi) is 1.89. The lowest BCUT2D eigenvalue weighted by molar-refractivity contribution is 0.472. The topological polar surface area (TPSA) is 12.4 Å². The van der Waals surface area contributed by atoms with Crippen LogP contribution in [0.15, 0.2) is 4.99 Å². The van der Waals surface area contributed by atoms with Crippen molar-refractivity contribution in [3.05, 3.63) is 0 Å². The Morgan fingerprint density at radius 2 is 2.11 bits per heavy atom. The van der Waals surface area contributed by atoms with Crippen LogP contribution in [0, 0.1) is 5.41 Å². The van der Waals surface area contributed by atoms with E-state index in [0.29, 0.717) is 5.41 Å². The van der Waals surface area contributed by atoms with Gasteiger partial charge in [0.15, 0.2) is 0 Å². The molecule has 1 heterocycles. The van der Waals surface area contributed by atoms with Crippen molar-refractivity contribution in [1.82, 2.24) is 0 Å². The van der Waals surface area contributed by atoms with Crippen LogP contribution in [0.2, 0.25) is 0 Å². The van der Waals surface area contributed by atoms with Crippen molar-refractivity contribution in [3.63, 3.8) is 0 Å². The molecule has 1 aliphatic heterocycles. The number of hydrogen-bond acceptors (Lipinski definition) is 1. The van der Waals surface area contributed by atoms with Gasteiger partial charge in [0.25, 0.3) is 0 Å². The third-order valence-corrected chi connectivity index (χ3v) is 1.80. The van der Waals surface area contributed by atoms with Crippen molar-refractivity contribution in [3.8, 4) is 0 Å². The van der Waals surface area contributed by atoms with E-state index in [9.17, 15) is 0 Å². The van der Waals surface area contributed by atoms with Crippen molar-refractivity contribution < 1.29 is 0 Å². The molecule has 1 aliphatic rings. The van der Waals surface area contributed by atoms with E-state index in [2.05, 4.69) is 25.1 Å². The fourth-order valence-corrected chi connectivity index (χ4v) is 1.16. The van der Waals surface area contributed by atoms with Crippen molar-refractivity contribution in [2.75, 3.05) is 6.54 Å². The summed E-state index contributed by atoms with van der Waals surface area (Å²) in [6.45, 7) is 5.55. The molecule has 0 amide bonds. The zero-order valence-corrected chi connectivity index (χ0v) is 6.35. The average Bonchev–Trinajstić information content (AvgIpc) is 1.92. The van der Waals surface area contributed by atoms with E-state index in [0.717, 1.165) is 6.54 Å². The Bertz CT molecular complexity index is 114. The van der Waals surface area contributed by atoms with Crippen LogP contribution < -0.4 is 0 Å². The summed E-state index contributed by atoms with van der Waals surface area (Å²) in [6, 6.07) is 0. The monoisotopic (exact) mass is 125 g/mol. The van der Waals surface area contributed by atoms with E-state index in [4.69, 9.17) is 0 Å². The van der Waals surface area contributed by atoms with Crippen LogP contribution in [0.25, 0.3) is 0 Å². The lowest BCUT2D eigenvalue weighted by Crippen LogP contribution is -2.10. The number of rotatable bonds is 0. The van der Waals surface area contributed by atoms with Crippen molar-refractivity contribution >= 4 is 6.21 Å². The molecule has 1 rings (SSSR count). The standard InChI is InChI=1S/C8H15N/c1-8(2)5-3-4-6-9-7-8/h7H,3-6H2,1-2H3. The van der Waals surface area contributed by atoms with E-state index in [-0.39, 0.29) is 0 Å². The molecule has 1 nitrogen and oxygen atoms in total. The fraction of sp³-hybridized carbons (Fsp3) is 0.875. The Morgan fingerprint density at radius 1 is 1.33 bits per heavy atom. The SMILES string of the molecule is CC1(C)C=NCCCC1. The Morgan fingerprint density at radius 3 is 2.89 bits per heavy atom. The molecular formula is C8H15N. The zero-order chi connectivity index (χ0) is 6.74. The van der Waals surface area contributed by atoms with E-state index in [1.165, 1.54) is 19.3 Å². The number of nitrogens with zero attached hydrogens (tertiary/aromatic N) is 1. The summed E-state index contributed by atoms with van der Waals surface area (Å²) >= 11 is 0. The molecule has 0 aliphatic carbocycles. The predicted molar refractivity (Wildman–Crippen MR) is 41.0 cm³/mol. The van der Waals surface area contributed by atoms with E-state index < -0.39 is 0 Å². The van der Waals surface area contributed by atoms with Crippen molar-refractivity contribution in [2.24, 2.45) is 10.4 Å². The minimum atomic E-state index is 0.372. The van der Waals surface area contributed by atoms with Gasteiger partial charge in [0.2, 0.25) is 0 Å². The molecule has 1 heteroatoms. The first-order valence-electron chi connectivity index (χ1n) is 3.72. The summed E-state index contributed by atoms with van der Waals surface area (Å²) < 4.78 is 0. The van der Waals surface area contributed by atoms with Gasteiger partial charge in [-0.3, -0.25) is 4.99 Å². The van der Waals surface area contributed by atoms with Crippen LogP contribution in [-0.2, 0) is 0 Å². The van der Waals surface area contributed by atoms with Gasteiger partial charge in [-0.05, 0) is 18.3 Å². The Labute approximate surface area is 57.2 Å². The maximum Gasteiger partial charge on any atom is 0.0385 e. The van der Waals surface area contributed by atoms with Crippen LogP contribution in [0.4, 0.5) is 0 Å². The molecule has 0 saturated heterocycles. The maximum atomic E-state index is 4.30. The molecule has 0 radical (unpaired) electrons. The highest BCUT2D eigenvalue weighted by Gasteiger charge is 2.15. The highest BCUT2D eigenvalue weighted by Crippen LogP contribution is 2.22. The predicted octanol–water partition coefficient (Wildman–Crippen LogP) is 2.27. The molecular weight excluding hydrogens is 110 g/mol. The van der Waals surface area contributed by atoms with Gasteiger partial charge in [0, 0.05) is 12.8 Å². The molecule has 0 saturated carbocycles. The highest BCUT2D eigenvalue weighted by molar-refractivity contribution is 5.64. The Balaban J connectivity index is 2.52. The first-order valence-corrected chi connectivity index (χ1v) is 3.72. The maximum absolute atomic E-state index is 4.30. The van der Waals surface area contributed by atoms with E-state index >= 15 is 0 Å². The van der Waals surface area contributed by atoms with Gasteiger partial charge in [-0.15, -0.1) is 0 Å². The lowest BCUT2D eigenvalue weighted by Gasteiger charge is -2.15. The summed E-state index contributed by atoms with van der Waals surface area (Å²) in [5.74, 6) is 0. The van der Waals surface area contributed by atoms with Gasteiger partial charge < -0.3 is 0 Å². The van der Waals surface area contributed by atoms with Crippen molar-refractivity contribution in [2.45, 2.75) is 33.1 Å². The molecule has 52 valence electrons. The molecule has 0 atom stereocenters. The molecule has 0 aromatic heterocycles. The molecule has 0 unspecified atom stereocenters. The van der Waals surface area contributed by atoms with Gasteiger partial charge >= 0.3 is 0 Å². The Hall–Kier alpha value is -0.330. The van der Waals surface area contributed by atoms with Crippen LogP contribution in [0.3, 0.4) is 0 Å². The summed E-state index contributed by atoms with van der Waals surface area (Å²) in [4.78, 5) is 4.30. The molecule has 0 aromatic rings. The molecule has 0 bridgehead atoms. The molecule has 0 aromatic carbocycles. The summed E-state index contributed by atoms with van der Waals surface area (Å²) in [7, 11) is 0. The lowest BCUT2D eigenvalue weighted by atomic mass is 9.90. The average molecular weight is 125 g/mol. The second kappa shape index (κ2) is 2.51. The van der Waals surface area contributed by atoms with Crippen molar-refractivity contribution in [1.29, 1.82) is 0 Å². The second-order valence-corrected chi connectivity index (χ2v) is 3.48. The normalized spacial score (nSPS) is 25.6. The van der Waals surface area contributed by atoms with Gasteiger partial charge in [-0.2, -0.15) is 0 Å². The summed E-state index contributed by atoms with van der Waals surface area (Å²) in [5, 5.41) is 0. The van der Waals surface area contributed by atoms with Gasteiger partial charge in [0.1, 0.15) is 0 Å². The molecule has 9 heavy (non-hydrogen) atoms. The largest absolute Gasteiger partial charge is 0.297 e. The van der Waals surface area contributed by atoms with Crippen LogP contribution in [0.5, 0.6) is 0 Å². The minimum Gasteiger partial charge on any atom is -0.297 e. The van der Waals surface area contributed by atoms with Crippen LogP contribution >= 0.6 is 0 Å². The number of hydrogen-bond donors (Lipinski definition) is 0. The first kappa shape index (κ1) is 6.79. The second-order valence-electron chi connectivity index (χ2n) is 3.48. The zero-order valence-electron chi connectivity index (χ0n) is 6.35. The highest BCUT2D eigenvalue weighted by atomic mass is 14.7. The van der Waals surface area contributed by atoms with Gasteiger partial charge in [-0.25, -0.2) is 0 Å². The summed E-state index contributed by atoms with van der Waals surface area (Å²) in [5.41, 5.74) is 0.372. The molecule has 0 fully saturated rings. The van der Waals surface area contributed by atoms with Gasteiger partial charge in [-0.1, -0.05) is 20.3 Å². The van der Waals surface area contributed by atoms with E-state index in [1.807, 2.05) is 0 Å². The third kappa shape index (κ3) is 2.17. The number of aliphatic imine (C=N–C) groups is 1. The molecule has 0 N–H and O–H groups in total. The van der Waals surface area contributed by atoms with Crippen LogP contribution in [0.1, 0.15) is 33.1 Å². The quantitative estimate of drug-likeness (QED) is 0.471. The smallest absolute Gasteiger partial charge is 0.0385 e. The third-order valence-electron chi connectivity index (χ3n) is 1.80. The van der Waals surface area contributed by atoms with Crippen LogP contribution in [-0.4, -0.2) is 12.8 Å².